The molecule has 0 unspecified atom stereocenters. The van der Waals surface area contributed by atoms with Gasteiger partial charge in [-0.25, -0.2) is 0 Å². The molecule has 0 radical (unpaired) electrons. The number of aryl methyl sites for hydroxylation is 2. The average molecular weight is 525 g/mol. The summed E-state index contributed by atoms with van der Waals surface area (Å²) < 4.78 is 0. The molecule has 7 aromatic carbocycles. The Morgan fingerprint density at radius 2 is 1.07 bits per heavy atom. The van der Waals surface area contributed by atoms with Crippen molar-refractivity contribution >= 4 is 32.3 Å². The Morgan fingerprint density at radius 1 is 0.415 bits per heavy atom. The first-order valence-corrected chi connectivity index (χ1v) is 14.9. The highest BCUT2D eigenvalue weighted by atomic mass is 14.3. The second-order valence-electron chi connectivity index (χ2n) is 11.5. The van der Waals surface area contributed by atoms with E-state index >= 15 is 0 Å². The minimum absolute atomic E-state index is 1.16. The van der Waals surface area contributed by atoms with Gasteiger partial charge in [0.1, 0.15) is 0 Å². The Hall–Kier alpha value is -4.68. The number of hydrogen-bond donors (Lipinski definition) is 0. The summed E-state index contributed by atoms with van der Waals surface area (Å²) in [6.07, 6.45) is 4.89. The maximum Gasteiger partial charge on any atom is -0.00201 e. The lowest BCUT2D eigenvalue weighted by atomic mass is 9.80. The van der Waals surface area contributed by atoms with Crippen molar-refractivity contribution in [1.82, 2.24) is 0 Å². The molecule has 41 heavy (non-hydrogen) atoms. The largest absolute Gasteiger partial charge is 0.0622 e. The molecule has 8 rings (SSSR count). The SMILES string of the molecule is Cc1ccc(-c2c3ccccc3c(-c3cccc4c3CCCC4)c3cc(-c4ccccc4)ccc23)c2ccccc12. The minimum Gasteiger partial charge on any atom is -0.0622 e. The molecule has 0 heterocycles. The molecule has 0 N–H and O–H groups in total. The topological polar surface area (TPSA) is 0 Å². The molecular weight excluding hydrogens is 492 g/mol. The molecule has 0 fully saturated rings. The van der Waals surface area contributed by atoms with Gasteiger partial charge in [-0.15, -0.1) is 0 Å². The van der Waals surface area contributed by atoms with E-state index in [0.717, 1.165) is 6.42 Å². The van der Waals surface area contributed by atoms with Crippen LogP contribution in [0.25, 0.3) is 65.7 Å². The molecule has 0 aromatic heterocycles. The van der Waals surface area contributed by atoms with E-state index < -0.39 is 0 Å². The molecule has 1 aliphatic rings. The molecule has 0 amide bonds. The van der Waals surface area contributed by atoms with Gasteiger partial charge in [-0.2, -0.15) is 0 Å². The first kappa shape index (κ1) is 24.1. The van der Waals surface area contributed by atoms with Gasteiger partial charge >= 0.3 is 0 Å². The monoisotopic (exact) mass is 524 g/mol. The van der Waals surface area contributed by atoms with Gasteiger partial charge in [-0.3, -0.25) is 0 Å². The zero-order valence-corrected chi connectivity index (χ0v) is 23.5. The predicted molar refractivity (Wildman–Crippen MR) is 177 cm³/mol. The summed E-state index contributed by atoms with van der Waals surface area (Å²) in [5, 5.41) is 7.96. The Kier molecular flexibility index (Phi) is 5.74. The van der Waals surface area contributed by atoms with Gasteiger partial charge in [0, 0.05) is 0 Å². The van der Waals surface area contributed by atoms with Gasteiger partial charge < -0.3 is 0 Å². The summed E-state index contributed by atoms with van der Waals surface area (Å²) in [6.45, 7) is 2.22. The van der Waals surface area contributed by atoms with Crippen LogP contribution in [-0.4, -0.2) is 0 Å². The number of rotatable bonds is 3. The lowest BCUT2D eigenvalue weighted by Gasteiger charge is -2.24. The molecule has 0 aliphatic heterocycles. The summed E-state index contributed by atoms with van der Waals surface area (Å²) >= 11 is 0. The van der Waals surface area contributed by atoms with Crippen molar-refractivity contribution in [3.63, 3.8) is 0 Å². The van der Waals surface area contributed by atoms with Crippen LogP contribution in [-0.2, 0) is 12.8 Å². The second kappa shape index (κ2) is 9.75. The summed E-state index contributed by atoms with van der Waals surface area (Å²) in [5.74, 6) is 0. The van der Waals surface area contributed by atoms with E-state index in [0.29, 0.717) is 0 Å². The first-order chi connectivity index (χ1) is 20.3. The van der Waals surface area contributed by atoms with Crippen LogP contribution < -0.4 is 0 Å². The molecule has 7 aromatic rings. The molecule has 0 saturated carbocycles. The van der Waals surface area contributed by atoms with E-state index in [4.69, 9.17) is 0 Å². The third-order valence-corrected chi connectivity index (χ3v) is 9.21. The van der Waals surface area contributed by atoms with Crippen LogP contribution in [0.4, 0.5) is 0 Å². The Morgan fingerprint density at radius 3 is 1.88 bits per heavy atom. The third-order valence-electron chi connectivity index (χ3n) is 9.21. The second-order valence-corrected chi connectivity index (χ2v) is 11.5. The predicted octanol–water partition coefficient (Wildman–Crippen LogP) is 11.3. The molecular formula is C41H32. The van der Waals surface area contributed by atoms with Crippen molar-refractivity contribution in [2.75, 3.05) is 0 Å². The standard InChI is InChI=1S/C41H32/c1-27-22-24-37(33-18-8-7-16-31(27)33)40-35-19-9-10-20-36(35)41(34-21-11-15-29-14-5-6-17-32(29)34)39-26-30(23-25-38(39)40)28-12-3-2-4-13-28/h2-4,7-13,15-16,18-26H,5-6,14,17H2,1H3. The highest BCUT2D eigenvalue weighted by Gasteiger charge is 2.22. The van der Waals surface area contributed by atoms with Crippen molar-refractivity contribution in [1.29, 1.82) is 0 Å². The molecule has 0 atom stereocenters. The summed E-state index contributed by atoms with van der Waals surface area (Å²) in [5.41, 5.74) is 12.3. The molecule has 1 aliphatic carbocycles. The maximum atomic E-state index is 2.45. The normalized spacial score (nSPS) is 13.1. The van der Waals surface area contributed by atoms with Gasteiger partial charge in [0.2, 0.25) is 0 Å². The number of fused-ring (bicyclic) bond motifs is 4. The van der Waals surface area contributed by atoms with Gasteiger partial charge in [-0.05, 0) is 121 Å². The number of benzene rings is 7. The van der Waals surface area contributed by atoms with Crippen molar-refractivity contribution in [2.24, 2.45) is 0 Å². The van der Waals surface area contributed by atoms with Crippen LogP contribution in [0.1, 0.15) is 29.5 Å². The summed E-state index contributed by atoms with van der Waals surface area (Å²) in [4.78, 5) is 0. The van der Waals surface area contributed by atoms with Crippen LogP contribution in [0, 0.1) is 6.92 Å². The van der Waals surface area contributed by atoms with E-state index in [-0.39, 0.29) is 0 Å². The Labute approximate surface area is 241 Å². The van der Waals surface area contributed by atoms with Crippen LogP contribution in [0.15, 0.2) is 127 Å². The quantitative estimate of drug-likeness (QED) is 0.202. The van der Waals surface area contributed by atoms with E-state index in [1.807, 2.05) is 0 Å². The molecule has 0 spiro atoms. The fourth-order valence-electron chi connectivity index (χ4n) is 7.25. The highest BCUT2D eigenvalue weighted by Crippen LogP contribution is 2.47. The zero-order chi connectivity index (χ0) is 27.3. The maximum absolute atomic E-state index is 2.45. The van der Waals surface area contributed by atoms with Gasteiger partial charge in [0.15, 0.2) is 0 Å². The van der Waals surface area contributed by atoms with Gasteiger partial charge in [-0.1, -0.05) is 121 Å². The lowest BCUT2D eigenvalue weighted by molar-refractivity contribution is 0.687. The minimum atomic E-state index is 1.16. The molecule has 0 nitrogen and oxygen atoms in total. The summed E-state index contributed by atoms with van der Waals surface area (Å²) in [6, 6.07) is 47.6. The van der Waals surface area contributed by atoms with E-state index in [2.05, 4.69) is 134 Å². The molecule has 0 saturated heterocycles. The smallest absolute Gasteiger partial charge is 0.00201 e. The van der Waals surface area contributed by atoms with Crippen LogP contribution in [0.5, 0.6) is 0 Å². The number of hydrogen-bond acceptors (Lipinski definition) is 0. The van der Waals surface area contributed by atoms with E-state index in [9.17, 15) is 0 Å². The molecule has 0 bridgehead atoms. The van der Waals surface area contributed by atoms with Crippen molar-refractivity contribution in [3.05, 3.63) is 144 Å². The van der Waals surface area contributed by atoms with Crippen LogP contribution >= 0.6 is 0 Å². The molecule has 0 heteroatoms. The van der Waals surface area contributed by atoms with Crippen LogP contribution in [0.2, 0.25) is 0 Å². The van der Waals surface area contributed by atoms with Crippen LogP contribution in [0.3, 0.4) is 0 Å². The van der Waals surface area contributed by atoms with E-state index in [1.165, 1.54) is 96.1 Å². The van der Waals surface area contributed by atoms with Crippen molar-refractivity contribution in [2.45, 2.75) is 32.6 Å². The third kappa shape index (κ3) is 3.90. The first-order valence-electron chi connectivity index (χ1n) is 14.9. The fraction of sp³-hybridized carbons (Fsp3) is 0.122. The Balaban J connectivity index is 1.56. The lowest BCUT2D eigenvalue weighted by Crippen LogP contribution is -2.05. The zero-order valence-electron chi connectivity index (χ0n) is 23.5. The Bertz CT molecular complexity index is 2100. The highest BCUT2D eigenvalue weighted by molar-refractivity contribution is 6.24. The van der Waals surface area contributed by atoms with E-state index in [1.54, 1.807) is 5.56 Å². The van der Waals surface area contributed by atoms with Gasteiger partial charge in [0.25, 0.3) is 0 Å². The summed E-state index contributed by atoms with van der Waals surface area (Å²) in [7, 11) is 0. The van der Waals surface area contributed by atoms with Crippen molar-refractivity contribution < 1.29 is 0 Å². The fourth-order valence-corrected chi connectivity index (χ4v) is 7.25. The van der Waals surface area contributed by atoms with Gasteiger partial charge in [0.05, 0.1) is 0 Å². The average Bonchev–Trinajstić information content (AvgIpc) is 3.04. The molecule has 196 valence electrons. The van der Waals surface area contributed by atoms with Crippen molar-refractivity contribution in [3.8, 4) is 33.4 Å².